The highest BCUT2D eigenvalue weighted by atomic mass is 35.5. The molecule has 34 heavy (non-hydrogen) atoms. The Morgan fingerprint density at radius 3 is 2.79 bits per heavy atom. The van der Waals surface area contributed by atoms with Gasteiger partial charge in [0.1, 0.15) is 18.9 Å². The highest BCUT2D eigenvalue weighted by Crippen LogP contribution is 2.34. The molecule has 0 spiro atoms. The highest BCUT2D eigenvalue weighted by Gasteiger charge is 2.33. The van der Waals surface area contributed by atoms with Crippen molar-refractivity contribution in [1.29, 1.82) is 0 Å². The van der Waals surface area contributed by atoms with Crippen molar-refractivity contribution < 1.29 is 14.3 Å². The summed E-state index contributed by atoms with van der Waals surface area (Å²) in [6, 6.07) is 17.9. The average Bonchev–Trinajstić information content (AvgIpc) is 3.32. The van der Waals surface area contributed by atoms with Gasteiger partial charge in [0.2, 0.25) is 5.91 Å². The van der Waals surface area contributed by atoms with Crippen LogP contribution in [0.4, 0.5) is 10.5 Å². The maximum Gasteiger partial charge on any atom is 0.322 e. The van der Waals surface area contributed by atoms with Crippen LogP contribution in [0.15, 0.2) is 78.7 Å². The van der Waals surface area contributed by atoms with Crippen LogP contribution >= 0.6 is 22.9 Å². The molecule has 1 aliphatic heterocycles. The maximum atomic E-state index is 13.4. The van der Waals surface area contributed by atoms with Crippen molar-refractivity contribution in [1.82, 2.24) is 9.80 Å². The number of amides is 3. The summed E-state index contributed by atoms with van der Waals surface area (Å²) in [5, 5.41) is 5.38. The molecule has 1 atom stereocenters. The van der Waals surface area contributed by atoms with Crippen LogP contribution in [0.25, 0.3) is 0 Å². The van der Waals surface area contributed by atoms with Crippen LogP contribution in [0.1, 0.15) is 16.5 Å². The van der Waals surface area contributed by atoms with Gasteiger partial charge in [0.25, 0.3) is 0 Å². The lowest BCUT2D eigenvalue weighted by Gasteiger charge is -2.37. The van der Waals surface area contributed by atoms with E-state index >= 15 is 0 Å². The molecule has 0 bridgehead atoms. The average molecular weight is 496 g/mol. The zero-order valence-electron chi connectivity index (χ0n) is 18.7. The molecule has 1 aromatic heterocycles. The van der Waals surface area contributed by atoms with Crippen LogP contribution in [0, 0.1) is 0 Å². The van der Waals surface area contributed by atoms with Crippen molar-refractivity contribution in [2.24, 2.45) is 0 Å². The van der Waals surface area contributed by atoms with E-state index in [1.165, 1.54) is 9.78 Å². The minimum Gasteiger partial charge on any atom is -0.491 e. The molecule has 1 aliphatic rings. The van der Waals surface area contributed by atoms with Crippen molar-refractivity contribution in [3.63, 3.8) is 0 Å². The summed E-state index contributed by atoms with van der Waals surface area (Å²) in [5.74, 6) is 0.619. The Labute approximate surface area is 208 Å². The molecule has 0 fully saturated rings. The molecule has 3 aromatic rings. The second-order valence-corrected chi connectivity index (χ2v) is 9.32. The number of urea groups is 1. The Hall–Kier alpha value is -3.29. The summed E-state index contributed by atoms with van der Waals surface area (Å²) < 4.78 is 6.03. The predicted octanol–water partition coefficient (Wildman–Crippen LogP) is 5.63. The number of halogens is 1. The number of nitrogens with one attached hydrogen (secondary N) is 1. The number of carbonyl (C=O) groups excluding carboxylic acids is 2. The fraction of sp³-hybridized carbons (Fsp3) is 0.231. The summed E-state index contributed by atoms with van der Waals surface area (Å²) in [6.07, 6.45) is 2.39. The Morgan fingerprint density at radius 1 is 1.21 bits per heavy atom. The third kappa shape index (κ3) is 5.79. The molecule has 4 rings (SSSR count). The summed E-state index contributed by atoms with van der Waals surface area (Å²) in [5.41, 5.74) is 1.67. The van der Waals surface area contributed by atoms with E-state index in [4.69, 9.17) is 16.3 Å². The lowest BCUT2D eigenvalue weighted by molar-refractivity contribution is -0.135. The minimum atomic E-state index is -0.388. The van der Waals surface area contributed by atoms with Gasteiger partial charge in [-0.2, -0.15) is 0 Å². The van der Waals surface area contributed by atoms with Crippen molar-refractivity contribution in [2.75, 3.05) is 31.6 Å². The first kappa shape index (κ1) is 23.9. The maximum absolute atomic E-state index is 13.4. The van der Waals surface area contributed by atoms with Crippen molar-refractivity contribution >= 4 is 40.6 Å². The lowest BCUT2D eigenvalue weighted by atomic mass is 10.0. The van der Waals surface area contributed by atoms with E-state index in [0.717, 1.165) is 17.7 Å². The third-order valence-corrected chi connectivity index (χ3v) is 6.84. The molecule has 8 heteroatoms. The van der Waals surface area contributed by atoms with E-state index in [9.17, 15) is 9.59 Å². The van der Waals surface area contributed by atoms with Crippen LogP contribution in [0.2, 0.25) is 5.02 Å². The number of fused-ring (bicyclic) bond motifs is 1. The van der Waals surface area contributed by atoms with Crippen LogP contribution < -0.4 is 10.1 Å². The number of thiophene rings is 1. The smallest absolute Gasteiger partial charge is 0.322 e. The van der Waals surface area contributed by atoms with Gasteiger partial charge in [-0.25, -0.2) is 4.79 Å². The van der Waals surface area contributed by atoms with E-state index in [-0.39, 0.29) is 31.1 Å². The molecule has 0 saturated heterocycles. The monoisotopic (exact) mass is 495 g/mol. The van der Waals surface area contributed by atoms with Gasteiger partial charge < -0.3 is 19.9 Å². The van der Waals surface area contributed by atoms with Gasteiger partial charge in [-0.1, -0.05) is 41.9 Å². The molecule has 0 saturated carbocycles. The molecule has 176 valence electrons. The topological polar surface area (TPSA) is 61.9 Å². The molecule has 6 nitrogen and oxygen atoms in total. The highest BCUT2D eigenvalue weighted by molar-refractivity contribution is 7.10. The molecule has 2 aromatic carbocycles. The molecular weight excluding hydrogens is 470 g/mol. The minimum absolute atomic E-state index is 0.0697. The van der Waals surface area contributed by atoms with Gasteiger partial charge >= 0.3 is 6.03 Å². The molecular formula is C26H26ClN3O3S. The molecule has 0 unspecified atom stereocenters. The molecule has 0 aliphatic carbocycles. The van der Waals surface area contributed by atoms with E-state index in [2.05, 4.69) is 23.3 Å². The van der Waals surface area contributed by atoms with Gasteiger partial charge in [0.05, 0.1) is 6.04 Å². The number of carbonyl (C=O) groups is 2. The Balaban J connectivity index is 1.48. The third-order valence-electron chi connectivity index (χ3n) is 5.60. The zero-order chi connectivity index (χ0) is 23.9. The zero-order valence-corrected chi connectivity index (χ0v) is 20.2. The SMILES string of the molecule is C=CCN(CC(=O)N1CCc2sccc2[C@@H]1COc1ccccc1)C(=O)Nc1cccc(Cl)c1. The summed E-state index contributed by atoms with van der Waals surface area (Å²) in [4.78, 5) is 30.9. The number of para-hydroxylation sites is 1. The molecule has 0 radical (unpaired) electrons. The summed E-state index contributed by atoms with van der Waals surface area (Å²) in [6.45, 7) is 4.82. The van der Waals surface area contributed by atoms with Gasteiger partial charge in [-0.15, -0.1) is 17.9 Å². The van der Waals surface area contributed by atoms with Crippen molar-refractivity contribution in [3.05, 3.63) is 94.2 Å². The molecule has 2 heterocycles. The Bertz CT molecular complexity index is 1150. The van der Waals surface area contributed by atoms with Crippen molar-refractivity contribution in [3.8, 4) is 5.75 Å². The first-order valence-electron chi connectivity index (χ1n) is 11.0. The van der Waals surface area contributed by atoms with Crippen LogP contribution in [-0.2, 0) is 11.2 Å². The van der Waals surface area contributed by atoms with E-state index in [0.29, 0.717) is 23.9 Å². The normalized spacial score (nSPS) is 14.7. The summed E-state index contributed by atoms with van der Waals surface area (Å²) >= 11 is 7.73. The van der Waals surface area contributed by atoms with Gasteiger partial charge in [-0.05, 0) is 53.8 Å². The number of rotatable bonds is 8. The Morgan fingerprint density at radius 2 is 2.03 bits per heavy atom. The van der Waals surface area contributed by atoms with Gasteiger partial charge in [-0.3, -0.25) is 4.79 Å². The second kappa shape index (κ2) is 11.2. The molecule has 1 N–H and O–H groups in total. The van der Waals surface area contributed by atoms with Gasteiger partial charge in [0.15, 0.2) is 0 Å². The number of nitrogens with zero attached hydrogens (tertiary/aromatic N) is 2. The van der Waals surface area contributed by atoms with Crippen LogP contribution in [0.3, 0.4) is 0 Å². The lowest BCUT2D eigenvalue weighted by Crippen LogP contribution is -2.48. The van der Waals surface area contributed by atoms with Crippen LogP contribution in [0.5, 0.6) is 5.75 Å². The number of hydrogen-bond acceptors (Lipinski definition) is 4. The number of hydrogen-bond donors (Lipinski definition) is 1. The quantitative estimate of drug-likeness (QED) is 0.412. The van der Waals surface area contributed by atoms with E-state index < -0.39 is 0 Å². The Kier molecular flexibility index (Phi) is 7.87. The second-order valence-electron chi connectivity index (χ2n) is 7.89. The predicted molar refractivity (Wildman–Crippen MR) is 137 cm³/mol. The van der Waals surface area contributed by atoms with Crippen molar-refractivity contribution in [2.45, 2.75) is 12.5 Å². The first-order chi connectivity index (χ1) is 16.5. The fourth-order valence-corrected chi connectivity index (χ4v) is 5.08. The fourth-order valence-electron chi connectivity index (χ4n) is 3.96. The van der Waals surface area contributed by atoms with Gasteiger partial charge in [0, 0.05) is 28.7 Å². The number of ether oxygens (including phenoxy) is 1. The van der Waals surface area contributed by atoms with E-state index in [1.807, 2.05) is 35.2 Å². The standard InChI is InChI=1S/C26H26ClN3O3S/c1-2-13-29(26(32)28-20-8-6-7-19(27)16-20)17-25(31)30-14-11-24-22(12-15-34-24)23(30)18-33-21-9-4-3-5-10-21/h2-10,12,15-16,23H,1,11,13-14,17-18H2,(H,28,32)/t23-/m0/s1. The number of benzene rings is 2. The van der Waals surface area contributed by atoms with E-state index in [1.54, 1.807) is 41.7 Å². The largest absolute Gasteiger partial charge is 0.491 e. The number of anilines is 1. The summed E-state index contributed by atoms with van der Waals surface area (Å²) in [7, 11) is 0. The molecule has 3 amide bonds. The van der Waals surface area contributed by atoms with Crippen LogP contribution in [-0.4, -0.2) is 48.0 Å². The first-order valence-corrected chi connectivity index (χ1v) is 12.3.